The molecule has 0 spiro atoms. The second-order valence-corrected chi connectivity index (χ2v) is 8.27. The van der Waals surface area contributed by atoms with Crippen molar-refractivity contribution >= 4 is 12.0 Å². The van der Waals surface area contributed by atoms with Gasteiger partial charge in [-0.15, -0.1) is 13.2 Å². The van der Waals surface area contributed by atoms with Gasteiger partial charge in [-0.2, -0.15) is 0 Å². The van der Waals surface area contributed by atoms with Crippen LogP contribution in [-0.4, -0.2) is 54.1 Å². The normalized spacial score (nSPS) is 16.4. The van der Waals surface area contributed by atoms with E-state index < -0.39 is 24.1 Å². The summed E-state index contributed by atoms with van der Waals surface area (Å²) < 4.78 is 51.5. The molecule has 1 fully saturated rings. The Morgan fingerprint density at radius 2 is 1.65 bits per heavy atom. The van der Waals surface area contributed by atoms with Gasteiger partial charge in [0.2, 0.25) is 5.91 Å². The van der Waals surface area contributed by atoms with Crippen molar-refractivity contribution in [3.63, 3.8) is 0 Å². The van der Waals surface area contributed by atoms with E-state index in [9.17, 15) is 22.8 Å². The molecule has 10 heteroatoms. The maximum Gasteiger partial charge on any atom is 0.573 e. The van der Waals surface area contributed by atoms with Crippen molar-refractivity contribution in [3.8, 4) is 11.5 Å². The molecular weight excluding hydrogens is 417 g/mol. The molecule has 31 heavy (non-hydrogen) atoms. The summed E-state index contributed by atoms with van der Waals surface area (Å²) in [4.78, 5) is 26.4. The van der Waals surface area contributed by atoms with Crippen molar-refractivity contribution in [2.75, 3.05) is 13.1 Å². The summed E-state index contributed by atoms with van der Waals surface area (Å²) in [6, 6.07) is 4.53. The van der Waals surface area contributed by atoms with Crippen LogP contribution in [-0.2, 0) is 9.53 Å². The van der Waals surface area contributed by atoms with Crippen LogP contribution in [0.1, 0.15) is 47.0 Å². The third kappa shape index (κ3) is 8.55. The second kappa shape index (κ2) is 10.1. The molecule has 1 saturated heterocycles. The van der Waals surface area contributed by atoms with E-state index >= 15 is 0 Å². The van der Waals surface area contributed by atoms with Crippen LogP contribution >= 0.6 is 0 Å². The van der Waals surface area contributed by atoms with E-state index in [1.165, 1.54) is 24.3 Å². The average Bonchev–Trinajstić information content (AvgIpc) is 2.65. The fourth-order valence-corrected chi connectivity index (χ4v) is 3.11. The number of halogens is 3. The van der Waals surface area contributed by atoms with Gasteiger partial charge >= 0.3 is 12.5 Å². The number of ether oxygens (including phenoxy) is 3. The van der Waals surface area contributed by atoms with Gasteiger partial charge in [0.1, 0.15) is 29.2 Å². The first kappa shape index (κ1) is 24.6. The molecule has 1 atom stereocenters. The van der Waals surface area contributed by atoms with Crippen LogP contribution in [0.15, 0.2) is 24.3 Å². The van der Waals surface area contributed by atoms with Crippen molar-refractivity contribution in [1.82, 2.24) is 10.2 Å². The van der Waals surface area contributed by atoms with Gasteiger partial charge in [0.25, 0.3) is 0 Å². The lowest BCUT2D eigenvalue weighted by molar-refractivity contribution is -0.274. The fraction of sp³-hybridized carbons (Fsp3) is 0.619. The maximum absolute atomic E-state index is 12.8. The van der Waals surface area contributed by atoms with E-state index in [4.69, 9.17) is 9.47 Å². The summed E-state index contributed by atoms with van der Waals surface area (Å²) in [5.41, 5.74) is -0.655. The van der Waals surface area contributed by atoms with Crippen LogP contribution in [0.5, 0.6) is 11.5 Å². The molecule has 0 aromatic heterocycles. The number of likely N-dealkylation sites (tertiary alicyclic amines) is 1. The van der Waals surface area contributed by atoms with Crippen molar-refractivity contribution in [2.24, 2.45) is 0 Å². The summed E-state index contributed by atoms with van der Waals surface area (Å²) >= 11 is 0. The van der Waals surface area contributed by atoms with Gasteiger partial charge in [-0.3, -0.25) is 4.79 Å². The number of alkyl halides is 3. The predicted octanol–water partition coefficient (Wildman–Crippen LogP) is 4.26. The SMILES string of the molecule is CC[C@H](NC(=O)OC(C)(C)C)C(=O)N1CCC(Oc2ccc(OC(F)(F)F)cc2)CC1. The summed E-state index contributed by atoms with van der Waals surface area (Å²) in [7, 11) is 0. The van der Waals surface area contributed by atoms with Crippen LogP contribution < -0.4 is 14.8 Å². The molecule has 0 saturated carbocycles. The summed E-state index contributed by atoms with van der Waals surface area (Å²) in [6.07, 6.45) is -3.98. The quantitative estimate of drug-likeness (QED) is 0.707. The smallest absolute Gasteiger partial charge is 0.490 e. The van der Waals surface area contributed by atoms with E-state index in [-0.39, 0.29) is 17.8 Å². The molecule has 1 heterocycles. The number of nitrogens with one attached hydrogen (secondary N) is 1. The Morgan fingerprint density at radius 3 is 2.13 bits per heavy atom. The third-order valence-electron chi connectivity index (χ3n) is 4.51. The number of amides is 2. The number of piperidine rings is 1. The Hall–Kier alpha value is -2.65. The highest BCUT2D eigenvalue weighted by molar-refractivity contribution is 5.85. The molecular formula is C21H29F3N2O5. The molecule has 1 aromatic carbocycles. The second-order valence-electron chi connectivity index (χ2n) is 8.27. The number of carbonyl (C=O) groups excluding carboxylic acids is 2. The topological polar surface area (TPSA) is 77.1 Å². The Labute approximate surface area is 179 Å². The van der Waals surface area contributed by atoms with Gasteiger partial charge in [-0.25, -0.2) is 4.79 Å². The summed E-state index contributed by atoms with van der Waals surface area (Å²) in [6.45, 7) is 7.95. The predicted molar refractivity (Wildman–Crippen MR) is 107 cm³/mol. The minimum Gasteiger partial charge on any atom is -0.490 e. The number of benzene rings is 1. The van der Waals surface area contributed by atoms with Gasteiger partial charge in [-0.1, -0.05) is 6.92 Å². The van der Waals surface area contributed by atoms with E-state index in [2.05, 4.69) is 10.1 Å². The van der Waals surface area contributed by atoms with Crippen molar-refractivity contribution < 1.29 is 37.0 Å². The lowest BCUT2D eigenvalue weighted by atomic mass is 10.1. The highest BCUT2D eigenvalue weighted by Crippen LogP contribution is 2.26. The first-order valence-electron chi connectivity index (χ1n) is 10.2. The Kier molecular flexibility index (Phi) is 8.02. The molecule has 1 aromatic rings. The summed E-state index contributed by atoms with van der Waals surface area (Å²) in [5, 5.41) is 2.62. The van der Waals surface area contributed by atoms with Crippen LogP contribution in [0.25, 0.3) is 0 Å². The molecule has 2 amide bonds. The molecule has 1 aliphatic rings. The number of hydrogen-bond acceptors (Lipinski definition) is 5. The zero-order chi connectivity index (χ0) is 23.2. The zero-order valence-corrected chi connectivity index (χ0v) is 18.1. The van der Waals surface area contributed by atoms with Crippen LogP contribution in [0, 0.1) is 0 Å². The highest BCUT2D eigenvalue weighted by Gasteiger charge is 2.32. The average molecular weight is 446 g/mol. The minimum absolute atomic E-state index is 0.169. The molecule has 0 bridgehead atoms. The first-order chi connectivity index (χ1) is 14.4. The fourth-order valence-electron chi connectivity index (χ4n) is 3.11. The largest absolute Gasteiger partial charge is 0.573 e. The van der Waals surface area contributed by atoms with Gasteiger partial charge < -0.3 is 24.4 Å². The zero-order valence-electron chi connectivity index (χ0n) is 18.1. The van der Waals surface area contributed by atoms with Crippen LogP contribution in [0.2, 0.25) is 0 Å². The summed E-state index contributed by atoms with van der Waals surface area (Å²) in [5.74, 6) is -0.0684. The van der Waals surface area contributed by atoms with E-state index in [0.29, 0.717) is 38.1 Å². The van der Waals surface area contributed by atoms with Gasteiger partial charge in [0, 0.05) is 25.9 Å². The number of rotatable bonds is 6. The molecule has 0 radical (unpaired) electrons. The number of hydrogen-bond donors (Lipinski definition) is 1. The lowest BCUT2D eigenvalue weighted by Crippen LogP contribution is -2.52. The number of carbonyl (C=O) groups is 2. The Morgan fingerprint density at radius 1 is 1.10 bits per heavy atom. The number of nitrogens with zero attached hydrogens (tertiary/aromatic N) is 1. The molecule has 0 unspecified atom stereocenters. The van der Waals surface area contributed by atoms with Crippen LogP contribution in [0.3, 0.4) is 0 Å². The maximum atomic E-state index is 12.8. The van der Waals surface area contributed by atoms with Crippen molar-refractivity contribution in [3.05, 3.63) is 24.3 Å². The first-order valence-corrected chi connectivity index (χ1v) is 10.2. The Bertz CT molecular complexity index is 739. The van der Waals surface area contributed by atoms with Crippen molar-refractivity contribution in [1.29, 1.82) is 0 Å². The minimum atomic E-state index is -4.74. The molecule has 1 aliphatic heterocycles. The standard InChI is InChI=1S/C21H29F3N2O5/c1-5-17(25-19(28)31-20(2,3)4)18(27)26-12-10-15(11-13-26)29-14-6-8-16(9-7-14)30-21(22,23)24/h6-9,15,17H,5,10-13H2,1-4H3,(H,25,28)/t17-/m0/s1. The van der Waals surface area contributed by atoms with Gasteiger partial charge in [-0.05, 0) is 51.5 Å². The lowest BCUT2D eigenvalue weighted by Gasteiger charge is -2.34. The van der Waals surface area contributed by atoms with Gasteiger partial charge in [0.15, 0.2) is 0 Å². The molecule has 2 rings (SSSR count). The monoisotopic (exact) mass is 446 g/mol. The molecule has 174 valence electrons. The molecule has 0 aliphatic carbocycles. The Balaban J connectivity index is 1.83. The van der Waals surface area contributed by atoms with Crippen LogP contribution in [0.4, 0.5) is 18.0 Å². The molecule has 7 nitrogen and oxygen atoms in total. The van der Waals surface area contributed by atoms with Crippen molar-refractivity contribution in [2.45, 2.75) is 71.1 Å². The third-order valence-corrected chi connectivity index (χ3v) is 4.51. The van der Waals surface area contributed by atoms with E-state index in [1.807, 2.05) is 6.92 Å². The highest BCUT2D eigenvalue weighted by atomic mass is 19.4. The molecule has 1 N–H and O–H groups in total. The van der Waals surface area contributed by atoms with E-state index in [1.54, 1.807) is 25.7 Å². The number of alkyl carbamates (subject to hydrolysis) is 1. The van der Waals surface area contributed by atoms with E-state index in [0.717, 1.165) is 0 Å². The van der Waals surface area contributed by atoms with Gasteiger partial charge in [0.05, 0.1) is 0 Å².